The molecule has 0 radical (unpaired) electrons. The molecular formula is C30H32ClFN6OS. The smallest absolute Gasteiger partial charge is 0.155 e. The number of hydrogen-bond acceptors (Lipinski definition) is 6. The van der Waals surface area contributed by atoms with E-state index in [9.17, 15) is 8.94 Å². The van der Waals surface area contributed by atoms with Crippen molar-refractivity contribution >= 4 is 40.0 Å². The Morgan fingerprint density at radius 3 is 2.52 bits per heavy atom. The van der Waals surface area contributed by atoms with Crippen molar-refractivity contribution in [2.24, 2.45) is 9.81 Å². The van der Waals surface area contributed by atoms with Gasteiger partial charge in [-0.2, -0.15) is 5.10 Å². The molecule has 1 aliphatic carbocycles. The molecule has 7 nitrogen and oxygen atoms in total. The van der Waals surface area contributed by atoms with E-state index in [1.165, 1.54) is 6.07 Å². The zero-order chi connectivity index (χ0) is 28.4. The number of benzene rings is 1. The lowest BCUT2D eigenvalue weighted by Crippen LogP contribution is -2.44. The molecule has 3 aromatic heterocycles. The van der Waals surface area contributed by atoms with Crippen LogP contribution in [0.2, 0.25) is 5.02 Å². The van der Waals surface area contributed by atoms with Crippen LogP contribution in [-0.4, -0.2) is 47.7 Å². The van der Waals surface area contributed by atoms with Gasteiger partial charge in [-0.25, -0.2) is 13.9 Å². The maximum absolute atomic E-state index is 14.2. The first-order chi connectivity index (χ1) is 19.0. The highest BCUT2D eigenvalue weighted by atomic mass is 35.5. The number of aromatic nitrogens is 4. The van der Waals surface area contributed by atoms with E-state index in [0.29, 0.717) is 11.4 Å². The average molecular weight is 579 g/mol. The second-order valence-corrected chi connectivity index (χ2v) is 14.1. The molecular weight excluding hydrogens is 547 g/mol. The van der Waals surface area contributed by atoms with Crippen molar-refractivity contribution in [2.45, 2.75) is 58.6 Å². The van der Waals surface area contributed by atoms with Crippen LogP contribution < -0.4 is 4.90 Å². The standard InChI is InChI=1S/C30H32ClFN6OS/c1-18-25(31)23(8-12-33-18)26-19(2)35-28(24-9-13-34-38(24)26)37-14-10-30(11-15-37)17-20-16-21(32)6-7-22(20)27(30)36-40(39)29(3,4)5/h6-9,12-13,16H,10-11,14-15,17H2,1-5H3/b36-27+/t40-/m1/s1. The van der Waals surface area contributed by atoms with Gasteiger partial charge in [0.05, 0.1) is 28.3 Å². The summed E-state index contributed by atoms with van der Waals surface area (Å²) in [7, 11) is 0. The van der Waals surface area contributed by atoms with Crippen LogP contribution in [0.15, 0.2) is 47.1 Å². The molecule has 1 aromatic carbocycles. The maximum Gasteiger partial charge on any atom is 0.155 e. The van der Waals surface area contributed by atoms with Gasteiger partial charge in [0.1, 0.15) is 33.2 Å². The monoisotopic (exact) mass is 578 g/mol. The van der Waals surface area contributed by atoms with Gasteiger partial charge in [-0.05, 0) is 89.8 Å². The normalized spacial score (nSPS) is 18.6. The highest BCUT2D eigenvalue weighted by molar-refractivity contribution is 7.91. The minimum atomic E-state index is -1.41. The van der Waals surface area contributed by atoms with E-state index in [2.05, 4.69) is 15.0 Å². The van der Waals surface area contributed by atoms with Crippen molar-refractivity contribution in [3.8, 4) is 11.3 Å². The number of fused-ring (bicyclic) bond motifs is 2. The number of nitrogens with zero attached hydrogens (tertiary/aromatic N) is 6. The van der Waals surface area contributed by atoms with Crippen LogP contribution in [0, 0.1) is 25.1 Å². The Balaban J connectivity index is 1.36. The number of pyridine rings is 1. The third-order valence-corrected chi connectivity index (χ3v) is 9.96. The van der Waals surface area contributed by atoms with Crippen molar-refractivity contribution in [3.63, 3.8) is 0 Å². The van der Waals surface area contributed by atoms with Crippen LogP contribution in [0.1, 0.15) is 56.1 Å². The molecule has 1 fully saturated rings. The van der Waals surface area contributed by atoms with Gasteiger partial charge in [-0.3, -0.25) is 4.98 Å². The topological polar surface area (TPSA) is 81.7 Å². The van der Waals surface area contributed by atoms with Crippen LogP contribution in [0.5, 0.6) is 0 Å². The predicted octanol–water partition coefficient (Wildman–Crippen LogP) is 6.29. The molecule has 0 N–H and O–H groups in total. The zero-order valence-corrected chi connectivity index (χ0v) is 24.9. The van der Waals surface area contributed by atoms with Crippen molar-refractivity contribution in [1.82, 2.24) is 19.6 Å². The molecule has 1 atom stereocenters. The molecule has 10 heteroatoms. The predicted molar refractivity (Wildman–Crippen MR) is 159 cm³/mol. The SMILES string of the molecule is Cc1nccc(-c2c(C)nc(N3CCC4(CC3)Cc3cc(F)ccc3/C4=N\[S@+]([O-])C(C)(C)C)c3ccnn23)c1Cl. The maximum atomic E-state index is 14.2. The van der Waals surface area contributed by atoms with Gasteiger partial charge in [-0.1, -0.05) is 16.0 Å². The fraction of sp³-hybridized carbons (Fsp3) is 0.400. The Morgan fingerprint density at radius 2 is 1.80 bits per heavy atom. The second-order valence-electron chi connectivity index (χ2n) is 11.8. The molecule has 1 spiro atoms. The molecule has 40 heavy (non-hydrogen) atoms. The fourth-order valence-electron chi connectivity index (χ4n) is 5.95. The number of anilines is 1. The Hall–Kier alpha value is -3.01. The van der Waals surface area contributed by atoms with E-state index in [1.807, 2.05) is 51.3 Å². The quantitative estimate of drug-likeness (QED) is 0.267. The first kappa shape index (κ1) is 27.2. The highest BCUT2D eigenvalue weighted by Crippen LogP contribution is 2.47. The van der Waals surface area contributed by atoms with Crippen LogP contribution in [0.3, 0.4) is 0 Å². The average Bonchev–Trinajstić information content (AvgIpc) is 3.49. The molecule has 0 saturated carbocycles. The zero-order valence-electron chi connectivity index (χ0n) is 23.3. The number of hydrogen-bond donors (Lipinski definition) is 0. The van der Waals surface area contributed by atoms with Gasteiger partial charge in [0, 0.05) is 35.8 Å². The molecule has 6 rings (SSSR count). The van der Waals surface area contributed by atoms with Crippen molar-refractivity contribution in [1.29, 1.82) is 0 Å². The van der Waals surface area contributed by atoms with Gasteiger partial charge >= 0.3 is 0 Å². The summed E-state index contributed by atoms with van der Waals surface area (Å²) in [5, 5.41) is 5.23. The minimum Gasteiger partial charge on any atom is -0.591 e. The summed E-state index contributed by atoms with van der Waals surface area (Å²) in [6.07, 6.45) is 5.82. The first-order valence-electron chi connectivity index (χ1n) is 13.5. The minimum absolute atomic E-state index is 0.253. The molecule has 0 amide bonds. The van der Waals surface area contributed by atoms with Gasteiger partial charge in [-0.15, -0.1) is 0 Å². The van der Waals surface area contributed by atoms with Crippen LogP contribution in [-0.2, 0) is 17.8 Å². The molecule has 0 bridgehead atoms. The molecule has 2 aliphatic rings. The fourth-order valence-corrected chi connectivity index (χ4v) is 6.88. The Bertz CT molecular complexity index is 1650. The van der Waals surface area contributed by atoms with E-state index < -0.39 is 16.1 Å². The first-order valence-corrected chi connectivity index (χ1v) is 15.0. The summed E-state index contributed by atoms with van der Waals surface area (Å²) in [4.78, 5) is 11.7. The Labute approximate surface area is 241 Å². The lowest BCUT2D eigenvalue weighted by Gasteiger charge is -2.40. The van der Waals surface area contributed by atoms with Gasteiger partial charge in [0.15, 0.2) is 5.82 Å². The lowest BCUT2D eigenvalue weighted by molar-refractivity contribution is 0.330. The van der Waals surface area contributed by atoms with Crippen LogP contribution in [0.4, 0.5) is 10.2 Å². The van der Waals surface area contributed by atoms with Crippen molar-refractivity contribution < 1.29 is 8.94 Å². The van der Waals surface area contributed by atoms with Gasteiger partial charge in [0.25, 0.3) is 0 Å². The summed E-state index contributed by atoms with van der Waals surface area (Å²) < 4.78 is 33.6. The van der Waals surface area contributed by atoms with Gasteiger partial charge in [0.2, 0.25) is 0 Å². The molecule has 1 saturated heterocycles. The summed E-state index contributed by atoms with van der Waals surface area (Å²) in [5.74, 6) is 0.616. The summed E-state index contributed by atoms with van der Waals surface area (Å²) in [6, 6.07) is 8.76. The molecule has 0 unspecified atom stereocenters. The summed E-state index contributed by atoms with van der Waals surface area (Å²) >= 11 is 5.24. The second kappa shape index (κ2) is 9.82. The summed E-state index contributed by atoms with van der Waals surface area (Å²) in [5.41, 5.74) is 6.61. The van der Waals surface area contributed by atoms with E-state index in [4.69, 9.17) is 21.0 Å². The van der Waals surface area contributed by atoms with Crippen LogP contribution >= 0.6 is 11.6 Å². The third-order valence-electron chi connectivity index (χ3n) is 8.09. The number of aryl methyl sites for hydroxylation is 2. The Morgan fingerprint density at radius 1 is 1.05 bits per heavy atom. The highest BCUT2D eigenvalue weighted by Gasteiger charge is 2.48. The van der Waals surface area contributed by atoms with E-state index in [1.54, 1.807) is 24.5 Å². The van der Waals surface area contributed by atoms with E-state index >= 15 is 0 Å². The van der Waals surface area contributed by atoms with Crippen LogP contribution in [0.25, 0.3) is 16.8 Å². The Kier molecular flexibility index (Phi) is 6.67. The van der Waals surface area contributed by atoms with E-state index in [-0.39, 0.29) is 11.2 Å². The van der Waals surface area contributed by atoms with Gasteiger partial charge < -0.3 is 9.45 Å². The molecule has 4 heterocycles. The number of halogens is 2. The van der Waals surface area contributed by atoms with Crippen molar-refractivity contribution in [3.05, 3.63) is 76.1 Å². The molecule has 4 aromatic rings. The largest absolute Gasteiger partial charge is 0.591 e. The number of rotatable bonds is 3. The molecule has 208 valence electrons. The van der Waals surface area contributed by atoms with Crippen molar-refractivity contribution in [2.75, 3.05) is 18.0 Å². The van der Waals surface area contributed by atoms with E-state index in [0.717, 1.165) is 76.7 Å². The third kappa shape index (κ3) is 4.48. The summed E-state index contributed by atoms with van der Waals surface area (Å²) in [6.45, 7) is 11.1. The number of piperidine rings is 1. The molecule has 1 aliphatic heterocycles. The lowest BCUT2D eigenvalue weighted by atomic mass is 9.74.